The zero-order valence-corrected chi connectivity index (χ0v) is 6.84. The van der Waals surface area contributed by atoms with Crippen molar-refractivity contribution in [2.45, 2.75) is 0 Å². The molecule has 0 saturated heterocycles. The van der Waals surface area contributed by atoms with Crippen LogP contribution in [0.2, 0.25) is 0 Å². The fourth-order valence-corrected chi connectivity index (χ4v) is 0.504. The van der Waals surface area contributed by atoms with E-state index >= 15 is 0 Å². The molecule has 44 valence electrons. The second-order valence-corrected chi connectivity index (χ2v) is 3.38. The van der Waals surface area contributed by atoms with E-state index in [1.807, 2.05) is 0 Å². The SMILES string of the molecule is ClB(Cl)/C=C/B(Cl)Cl. The molecule has 0 nitrogen and oxygen atoms in total. The van der Waals surface area contributed by atoms with Crippen molar-refractivity contribution in [1.29, 1.82) is 0 Å². The first-order valence-electron chi connectivity index (χ1n) is 1.87. The second-order valence-electron chi connectivity index (χ2n) is 1.05. The average Bonchev–Trinajstić information content (AvgIpc) is 1.61. The number of hydrogen-bond donors (Lipinski definition) is 0. The van der Waals surface area contributed by atoms with Gasteiger partial charge >= 0.3 is 11.1 Å². The highest BCUT2D eigenvalue weighted by Gasteiger charge is 2.01. The van der Waals surface area contributed by atoms with Gasteiger partial charge in [0.15, 0.2) is 0 Å². The van der Waals surface area contributed by atoms with Crippen LogP contribution in [0.5, 0.6) is 0 Å². The van der Waals surface area contributed by atoms with Crippen LogP contribution in [0.3, 0.4) is 0 Å². The smallest absolute Gasteiger partial charge is 0.165 e. The molecule has 0 unspecified atom stereocenters. The molecule has 0 heterocycles. The monoisotopic (exact) mass is 188 g/mol. The predicted molar refractivity (Wildman–Crippen MR) is 44.1 cm³/mol. The molecule has 0 fully saturated rings. The molecule has 0 aromatic rings. The van der Waals surface area contributed by atoms with Gasteiger partial charge in [0.2, 0.25) is 0 Å². The first kappa shape index (κ1) is 9.03. The molecule has 8 heavy (non-hydrogen) atoms. The maximum absolute atomic E-state index is 5.28. The van der Waals surface area contributed by atoms with Crippen LogP contribution >= 0.6 is 45.8 Å². The summed E-state index contributed by atoms with van der Waals surface area (Å²) >= 11 is 21.1. The highest BCUT2D eigenvalue weighted by Crippen LogP contribution is 2.01. The minimum Gasteiger partial charge on any atom is -0.165 e. The summed E-state index contributed by atoms with van der Waals surface area (Å²) in [4.78, 5) is 0. The molecule has 0 radical (unpaired) electrons. The lowest BCUT2D eigenvalue weighted by Crippen LogP contribution is -1.90. The van der Waals surface area contributed by atoms with Crippen LogP contribution in [-0.4, -0.2) is 11.1 Å². The fraction of sp³-hybridized carbons (Fsp3) is 0. The summed E-state index contributed by atoms with van der Waals surface area (Å²) in [5, 5.41) is 0. The van der Waals surface area contributed by atoms with Gasteiger partial charge in [-0.3, -0.25) is 0 Å². The van der Waals surface area contributed by atoms with Crippen LogP contribution in [0.25, 0.3) is 0 Å². The van der Waals surface area contributed by atoms with Gasteiger partial charge in [-0.25, -0.2) is 0 Å². The van der Waals surface area contributed by atoms with E-state index in [0.717, 1.165) is 0 Å². The molecule has 0 amide bonds. The van der Waals surface area contributed by atoms with Gasteiger partial charge in [0.25, 0.3) is 0 Å². The average molecular weight is 189 g/mol. The van der Waals surface area contributed by atoms with Crippen molar-refractivity contribution in [3.63, 3.8) is 0 Å². The minimum atomic E-state index is -0.519. The van der Waals surface area contributed by atoms with Gasteiger partial charge in [-0.05, 0) is 0 Å². The summed E-state index contributed by atoms with van der Waals surface area (Å²) in [5.41, 5.74) is -1.04. The lowest BCUT2D eigenvalue weighted by atomic mass is 9.98. The lowest BCUT2D eigenvalue weighted by Gasteiger charge is -1.82. The molecule has 0 aliphatic carbocycles. The Balaban J connectivity index is 3.34. The maximum Gasteiger partial charge on any atom is 0.374 e. The van der Waals surface area contributed by atoms with E-state index in [1.165, 1.54) is 12.0 Å². The third kappa shape index (κ3) is 7.03. The Hall–Kier alpha value is 1.03. The van der Waals surface area contributed by atoms with Gasteiger partial charge in [0.1, 0.15) is 0 Å². The summed E-state index contributed by atoms with van der Waals surface area (Å²) in [5.74, 6) is 3.02. The highest BCUT2D eigenvalue weighted by molar-refractivity contribution is 7.38. The van der Waals surface area contributed by atoms with E-state index in [4.69, 9.17) is 45.8 Å². The normalized spacial score (nSPS) is 10.0. The Labute approximate surface area is 68.9 Å². The zero-order chi connectivity index (χ0) is 6.57. The molecule has 0 bridgehead atoms. The molecule has 0 atom stereocenters. The Morgan fingerprint density at radius 3 is 1.12 bits per heavy atom. The Morgan fingerprint density at radius 1 is 0.750 bits per heavy atom. The van der Waals surface area contributed by atoms with Crippen molar-refractivity contribution in [3.8, 4) is 0 Å². The van der Waals surface area contributed by atoms with Crippen molar-refractivity contribution in [1.82, 2.24) is 0 Å². The van der Waals surface area contributed by atoms with Gasteiger partial charge in [-0.15, -0.1) is 0 Å². The van der Waals surface area contributed by atoms with Gasteiger partial charge in [0.05, 0.1) is 0 Å². The largest absolute Gasteiger partial charge is 0.374 e. The van der Waals surface area contributed by atoms with Gasteiger partial charge in [0, 0.05) is 0 Å². The zero-order valence-electron chi connectivity index (χ0n) is 3.82. The molecule has 0 aliphatic heterocycles. The maximum atomic E-state index is 5.28. The molecule has 0 aromatic heterocycles. The molecule has 0 N–H and O–H groups in total. The van der Waals surface area contributed by atoms with E-state index in [0.29, 0.717) is 0 Å². The van der Waals surface area contributed by atoms with Crippen molar-refractivity contribution < 1.29 is 0 Å². The third-order valence-electron chi connectivity index (χ3n) is 0.402. The first-order chi connectivity index (χ1) is 3.63. The van der Waals surface area contributed by atoms with Crippen LogP contribution < -0.4 is 0 Å². The predicted octanol–water partition coefficient (Wildman–Crippen LogP) is 2.55. The topological polar surface area (TPSA) is 0 Å². The minimum absolute atomic E-state index is 0.519. The van der Waals surface area contributed by atoms with Crippen LogP contribution in [0.4, 0.5) is 0 Å². The fourth-order valence-electron chi connectivity index (χ4n) is 0.168. The first-order valence-corrected chi connectivity index (χ1v) is 3.62. The molecular weight excluding hydrogens is 187 g/mol. The summed E-state index contributed by atoms with van der Waals surface area (Å²) < 4.78 is 0. The molecule has 0 rings (SSSR count). The van der Waals surface area contributed by atoms with E-state index in [-0.39, 0.29) is 0 Å². The van der Waals surface area contributed by atoms with Gasteiger partial charge in [-0.2, -0.15) is 45.8 Å². The third-order valence-corrected chi connectivity index (χ3v) is 0.984. The number of rotatable bonds is 2. The lowest BCUT2D eigenvalue weighted by molar-refractivity contribution is 2.44. The van der Waals surface area contributed by atoms with E-state index in [1.54, 1.807) is 0 Å². The Kier molecular flexibility index (Phi) is 5.49. The van der Waals surface area contributed by atoms with Crippen LogP contribution in [0.1, 0.15) is 0 Å². The molecule has 6 heteroatoms. The van der Waals surface area contributed by atoms with Crippen molar-refractivity contribution in [2.24, 2.45) is 0 Å². The van der Waals surface area contributed by atoms with Crippen molar-refractivity contribution in [3.05, 3.63) is 12.0 Å². The van der Waals surface area contributed by atoms with Gasteiger partial charge < -0.3 is 0 Å². The Bertz CT molecular complexity index is 70.1. The van der Waals surface area contributed by atoms with Crippen molar-refractivity contribution >= 4 is 56.9 Å². The van der Waals surface area contributed by atoms with Crippen LogP contribution in [0, 0.1) is 0 Å². The van der Waals surface area contributed by atoms with Gasteiger partial charge in [-0.1, -0.05) is 12.0 Å². The van der Waals surface area contributed by atoms with Crippen molar-refractivity contribution in [2.75, 3.05) is 0 Å². The molecule has 0 saturated carbocycles. The molecule has 0 spiro atoms. The summed E-state index contributed by atoms with van der Waals surface area (Å²) in [7, 11) is 0. The quantitative estimate of drug-likeness (QED) is 0.586. The van der Waals surface area contributed by atoms with Crippen LogP contribution in [0.15, 0.2) is 12.0 Å². The van der Waals surface area contributed by atoms with E-state index in [9.17, 15) is 0 Å². The highest BCUT2D eigenvalue weighted by atomic mass is 35.5. The molecule has 0 aromatic carbocycles. The van der Waals surface area contributed by atoms with E-state index in [2.05, 4.69) is 0 Å². The molecule has 0 aliphatic rings. The summed E-state index contributed by atoms with van der Waals surface area (Å²) in [6, 6.07) is 0. The Morgan fingerprint density at radius 2 is 1.00 bits per heavy atom. The van der Waals surface area contributed by atoms with E-state index < -0.39 is 11.1 Å². The second kappa shape index (κ2) is 4.87. The van der Waals surface area contributed by atoms with Crippen LogP contribution in [-0.2, 0) is 0 Å². The number of hydrogen-bond acceptors (Lipinski definition) is 0. The summed E-state index contributed by atoms with van der Waals surface area (Å²) in [6.45, 7) is 0. The number of halogens is 4. The standard InChI is InChI=1S/C2H2B2Cl4/c5-3(6)1-2-4(7)8/h1-2H/b2-1+. The summed E-state index contributed by atoms with van der Waals surface area (Å²) in [6.07, 6.45) is 0. The molecular formula is C2H2B2Cl4.